The lowest BCUT2D eigenvalue weighted by atomic mass is 10.2. The number of rotatable bonds is 7. The molecule has 7 heteroatoms. The Morgan fingerprint density at radius 2 is 2.26 bits per heavy atom. The summed E-state index contributed by atoms with van der Waals surface area (Å²) >= 11 is 1.53. The lowest BCUT2D eigenvalue weighted by molar-refractivity contribution is 0.103. The van der Waals surface area contributed by atoms with Gasteiger partial charge in [-0.25, -0.2) is 0 Å². The predicted molar refractivity (Wildman–Crippen MR) is 72.5 cm³/mol. The normalized spacial score (nSPS) is 10.8. The van der Waals surface area contributed by atoms with Crippen molar-refractivity contribution in [3.8, 4) is 5.69 Å². The molecule has 2 aromatic rings. The number of aliphatic hydroxyl groups excluding tert-OH is 1. The lowest BCUT2D eigenvalue weighted by Crippen LogP contribution is -2.04. The van der Waals surface area contributed by atoms with Crippen molar-refractivity contribution in [2.45, 2.75) is 12.1 Å². The summed E-state index contributed by atoms with van der Waals surface area (Å²) in [6.07, 6.45) is 0. The maximum absolute atomic E-state index is 8.60. The number of hydrogen-bond acceptors (Lipinski definition) is 6. The van der Waals surface area contributed by atoms with Gasteiger partial charge in [-0.05, 0) is 35.0 Å². The largest absolute Gasteiger partial charge is 0.394 e. The van der Waals surface area contributed by atoms with E-state index in [2.05, 4.69) is 15.5 Å². The summed E-state index contributed by atoms with van der Waals surface area (Å²) in [7, 11) is 0. The topological polar surface area (TPSA) is 73.1 Å². The third-order valence-corrected chi connectivity index (χ3v) is 3.27. The Bertz CT molecular complexity index is 518. The molecule has 1 N–H and O–H groups in total. The van der Waals surface area contributed by atoms with Crippen molar-refractivity contribution in [3.05, 3.63) is 29.8 Å². The number of thioether (sulfide) groups is 1. The number of hydrogen-bond donors (Lipinski definition) is 1. The van der Waals surface area contributed by atoms with Crippen LogP contribution in [0.5, 0.6) is 0 Å². The zero-order chi connectivity index (χ0) is 13.5. The fourth-order valence-corrected chi connectivity index (χ4v) is 2.29. The molecule has 0 aliphatic heterocycles. The van der Waals surface area contributed by atoms with Crippen LogP contribution in [0.3, 0.4) is 0 Å². The monoisotopic (exact) mass is 280 g/mol. The number of aromatic nitrogens is 4. The van der Waals surface area contributed by atoms with E-state index < -0.39 is 0 Å². The van der Waals surface area contributed by atoms with E-state index in [4.69, 9.17) is 9.84 Å². The van der Waals surface area contributed by atoms with Crippen LogP contribution in [-0.2, 0) is 4.74 Å². The molecule has 0 aliphatic rings. The molecular weight excluding hydrogens is 264 g/mol. The molecule has 0 amide bonds. The van der Waals surface area contributed by atoms with Gasteiger partial charge in [-0.15, -0.1) is 5.10 Å². The lowest BCUT2D eigenvalue weighted by Gasteiger charge is -2.05. The van der Waals surface area contributed by atoms with Gasteiger partial charge >= 0.3 is 0 Å². The summed E-state index contributed by atoms with van der Waals surface area (Å²) in [5.74, 6) is 0.742. The highest BCUT2D eigenvalue weighted by Crippen LogP contribution is 2.18. The zero-order valence-electron chi connectivity index (χ0n) is 10.7. The first-order chi connectivity index (χ1) is 9.31. The molecule has 0 atom stereocenters. The first-order valence-corrected chi connectivity index (χ1v) is 6.96. The van der Waals surface area contributed by atoms with Gasteiger partial charge in [0.15, 0.2) is 0 Å². The number of tetrazole rings is 1. The Balaban J connectivity index is 1.98. The fraction of sp³-hybridized carbons (Fsp3) is 0.417. The Morgan fingerprint density at radius 3 is 3.05 bits per heavy atom. The first-order valence-electron chi connectivity index (χ1n) is 5.98. The van der Waals surface area contributed by atoms with Crippen molar-refractivity contribution < 1.29 is 9.84 Å². The van der Waals surface area contributed by atoms with Crippen LogP contribution in [0.4, 0.5) is 0 Å². The van der Waals surface area contributed by atoms with E-state index in [9.17, 15) is 0 Å². The third-order valence-electron chi connectivity index (χ3n) is 2.38. The molecule has 0 aliphatic carbocycles. The van der Waals surface area contributed by atoms with Crippen LogP contribution in [0.2, 0.25) is 0 Å². The highest BCUT2D eigenvalue weighted by atomic mass is 32.2. The molecule has 1 aromatic heterocycles. The first kappa shape index (κ1) is 14.0. The van der Waals surface area contributed by atoms with E-state index in [1.165, 1.54) is 11.8 Å². The average molecular weight is 280 g/mol. The van der Waals surface area contributed by atoms with Gasteiger partial charge in [0.05, 0.1) is 25.5 Å². The fourth-order valence-electron chi connectivity index (χ4n) is 1.55. The molecule has 1 aromatic carbocycles. The van der Waals surface area contributed by atoms with Gasteiger partial charge in [0.1, 0.15) is 0 Å². The number of aryl methyl sites for hydroxylation is 1. The highest BCUT2D eigenvalue weighted by molar-refractivity contribution is 7.99. The van der Waals surface area contributed by atoms with Gasteiger partial charge in [-0.1, -0.05) is 23.9 Å². The molecule has 2 rings (SSSR count). The second-order valence-corrected chi connectivity index (χ2v) is 4.96. The van der Waals surface area contributed by atoms with E-state index in [-0.39, 0.29) is 6.61 Å². The molecule has 0 saturated carbocycles. The van der Waals surface area contributed by atoms with E-state index in [1.807, 2.05) is 31.2 Å². The number of ether oxygens (including phenoxy) is 1. The van der Waals surface area contributed by atoms with Gasteiger partial charge in [0, 0.05) is 5.75 Å². The van der Waals surface area contributed by atoms with Crippen LogP contribution in [0.1, 0.15) is 5.56 Å². The Labute approximate surface area is 115 Å². The number of nitrogens with zero attached hydrogens (tertiary/aromatic N) is 4. The van der Waals surface area contributed by atoms with Crippen molar-refractivity contribution >= 4 is 11.8 Å². The van der Waals surface area contributed by atoms with E-state index in [1.54, 1.807) is 4.68 Å². The van der Waals surface area contributed by atoms with Crippen molar-refractivity contribution in [1.82, 2.24) is 20.2 Å². The smallest absolute Gasteiger partial charge is 0.214 e. The average Bonchev–Trinajstić information content (AvgIpc) is 2.87. The summed E-state index contributed by atoms with van der Waals surface area (Å²) < 4.78 is 6.91. The summed E-state index contributed by atoms with van der Waals surface area (Å²) in [4.78, 5) is 0. The van der Waals surface area contributed by atoms with Crippen LogP contribution in [-0.4, -0.2) is 50.9 Å². The summed E-state index contributed by atoms with van der Waals surface area (Å²) in [5.41, 5.74) is 2.11. The maximum atomic E-state index is 8.60. The molecule has 0 spiro atoms. The van der Waals surface area contributed by atoms with Crippen molar-refractivity contribution in [3.63, 3.8) is 0 Å². The minimum atomic E-state index is 0.0473. The van der Waals surface area contributed by atoms with E-state index in [0.29, 0.717) is 13.2 Å². The minimum absolute atomic E-state index is 0.0473. The molecule has 19 heavy (non-hydrogen) atoms. The molecule has 6 nitrogen and oxygen atoms in total. The summed E-state index contributed by atoms with van der Waals surface area (Å²) in [6, 6.07) is 8.01. The highest BCUT2D eigenvalue weighted by Gasteiger charge is 2.08. The summed E-state index contributed by atoms with van der Waals surface area (Å²) in [5, 5.41) is 21.0. The molecule has 0 fully saturated rings. The van der Waals surface area contributed by atoms with Crippen molar-refractivity contribution in [1.29, 1.82) is 0 Å². The van der Waals surface area contributed by atoms with Gasteiger partial charge in [-0.2, -0.15) is 4.68 Å². The molecule has 0 unspecified atom stereocenters. The molecule has 0 saturated heterocycles. The second kappa shape index (κ2) is 7.22. The van der Waals surface area contributed by atoms with Gasteiger partial charge in [0.2, 0.25) is 5.16 Å². The molecular formula is C12H16N4O2S. The van der Waals surface area contributed by atoms with Gasteiger partial charge in [-0.3, -0.25) is 0 Å². The van der Waals surface area contributed by atoms with E-state index in [0.717, 1.165) is 22.2 Å². The molecule has 0 radical (unpaired) electrons. The number of aliphatic hydroxyl groups is 1. The Kier molecular flexibility index (Phi) is 5.31. The standard InChI is InChI=1S/C12H16N4O2S/c1-10-3-2-4-11(9-10)16-12(13-14-15-16)19-8-7-18-6-5-17/h2-4,9,17H,5-8H2,1H3. The van der Waals surface area contributed by atoms with Crippen molar-refractivity contribution in [2.24, 2.45) is 0 Å². The maximum Gasteiger partial charge on any atom is 0.214 e. The van der Waals surface area contributed by atoms with Crippen LogP contribution in [0, 0.1) is 6.92 Å². The predicted octanol–water partition coefficient (Wildman–Crippen LogP) is 1.07. The van der Waals surface area contributed by atoms with Crippen LogP contribution in [0.25, 0.3) is 5.69 Å². The number of benzene rings is 1. The Hall–Kier alpha value is -1.44. The van der Waals surface area contributed by atoms with Crippen molar-refractivity contribution in [2.75, 3.05) is 25.6 Å². The van der Waals surface area contributed by atoms with Crippen LogP contribution < -0.4 is 0 Å². The SMILES string of the molecule is Cc1cccc(-n2nnnc2SCCOCCO)c1. The van der Waals surface area contributed by atoms with Crippen LogP contribution in [0.15, 0.2) is 29.4 Å². The van der Waals surface area contributed by atoms with Gasteiger partial charge in [0.25, 0.3) is 0 Å². The molecule has 102 valence electrons. The Morgan fingerprint density at radius 1 is 1.37 bits per heavy atom. The van der Waals surface area contributed by atoms with E-state index >= 15 is 0 Å². The van der Waals surface area contributed by atoms with Gasteiger partial charge < -0.3 is 9.84 Å². The minimum Gasteiger partial charge on any atom is -0.394 e. The summed E-state index contributed by atoms with van der Waals surface area (Å²) in [6.45, 7) is 3.00. The zero-order valence-corrected chi connectivity index (χ0v) is 11.5. The third kappa shape index (κ3) is 4.02. The quantitative estimate of drug-likeness (QED) is 0.604. The second-order valence-electron chi connectivity index (χ2n) is 3.90. The molecule has 1 heterocycles. The molecule has 0 bridgehead atoms. The van der Waals surface area contributed by atoms with Crippen LogP contribution >= 0.6 is 11.8 Å².